The van der Waals surface area contributed by atoms with Crippen LogP contribution in [0.15, 0.2) is 60.7 Å². The first-order valence-electron chi connectivity index (χ1n) is 12.1. The number of para-hydroxylation sites is 2. The Morgan fingerprint density at radius 3 is 1.46 bits per heavy atom. The quantitative estimate of drug-likeness (QED) is 0.318. The van der Waals surface area contributed by atoms with Gasteiger partial charge in [-0.15, -0.1) is 0 Å². The van der Waals surface area contributed by atoms with Crippen LogP contribution < -0.4 is 18.9 Å². The number of ether oxygens (including phenoxy) is 4. The van der Waals surface area contributed by atoms with E-state index in [4.69, 9.17) is 18.9 Å². The minimum absolute atomic E-state index is 0.0968. The first-order chi connectivity index (χ1) is 16.6. The van der Waals surface area contributed by atoms with Crippen molar-refractivity contribution in [2.24, 2.45) is 0 Å². The number of aliphatic hydroxyl groups excluding tert-OH is 2. The third kappa shape index (κ3) is 8.64. The normalized spacial score (nSPS) is 13.5. The van der Waals surface area contributed by atoms with Crippen LogP contribution in [0.25, 0.3) is 0 Å². The summed E-state index contributed by atoms with van der Waals surface area (Å²) in [5.74, 6) is 2.26. The van der Waals surface area contributed by atoms with E-state index in [1.165, 1.54) is 0 Å². The van der Waals surface area contributed by atoms with Crippen molar-refractivity contribution in [2.45, 2.75) is 59.2 Å². The average molecular weight is 485 g/mol. The van der Waals surface area contributed by atoms with Gasteiger partial charge in [0.2, 0.25) is 0 Å². The number of rotatable bonds is 15. The van der Waals surface area contributed by atoms with Crippen LogP contribution in [0.3, 0.4) is 0 Å². The molecule has 0 saturated heterocycles. The Labute approximate surface area is 209 Å². The Balaban J connectivity index is 2.61. The standard InChI is InChI=1S/C29H40O6/c1-8-23(24-11-9-13-26(32-17-21(6)30)28(24)34-15-19(2)3)25-12-10-14-27(33-18-22(7)31)29(25)35-16-20(4)5/h9-14,21-23,30-31H,2,4,8,15-18H2,1,3,5-7H3. The van der Waals surface area contributed by atoms with Crippen molar-refractivity contribution < 1.29 is 29.2 Å². The molecule has 0 amide bonds. The summed E-state index contributed by atoms with van der Waals surface area (Å²) in [4.78, 5) is 0. The molecule has 2 aromatic carbocycles. The predicted molar refractivity (Wildman–Crippen MR) is 140 cm³/mol. The average Bonchev–Trinajstić information content (AvgIpc) is 2.80. The predicted octanol–water partition coefficient (Wildman–Crippen LogP) is 5.66. The lowest BCUT2D eigenvalue weighted by molar-refractivity contribution is 0.120. The summed E-state index contributed by atoms with van der Waals surface area (Å²) in [6, 6.07) is 11.6. The lowest BCUT2D eigenvalue weighted by atomic mass is 9.87. The lowest BCUT2D eigenvalue weighted by Crippen LogP contribution is -2.16. The maximum Gasteiger partial charge on any atom is 0.165 e. The van der Waals surface area contributed by atoms with E-state index in [1.807, 2.05) is 50.2 Å². The van der Waals surface area contributed by atoms with Crippen LogP contribution in [-0.2, 0) is 0 Å². The highest BCUT2D eigenvalue weighted by atomic mass is 16.5. The molecule has 0 spiro atoms. The minimum atomic E-state index is -0.612. The summed E-state index contributed by atoms with van der Waals surface area (Å²) < 4.78 is 24.2. The van der Waals surface area contributed by atoms with Crippen LogP contribution in [0.2, 0.25) is 0 Å². The van der Waals surface area contributed by atoms with Gasteiger partial charge in [-0.2, -0.15) is 0 Å². The van der Waals surface area contributed by atoms with E-state index in [9.17, 15) is 10.2 Å². The van der Waals surface area contributed by atoms with Gasteiger partial charge < -0.3 is 29.2 Å². The van der Waals surface area contributed by atoms with Crippen molar-refractivity contribution in [1.82, 2.24) is 0 Å². The van der Waals surface area contributed by atoms with Crippen LogP contribution in [0.5, 0.6) is 23.0 Å². The van der Waals surface area contributed by atoms with E-state index in [0.717, 1.165) is 28.7 Å². The van der Waals surface area contributed by atoms with Crippen LogP contribution in [0, 0.1) is 0 Å². The monoisotopic (exact) mass is 484 g/mol. The molecule has 0 bridgehead atoms. The van der Waals surface area contributed by atoms with E-state index >= 15 is 0 Å². The molecule has 6 heteroatoms. The molecule has 0 radical (unpaired) electrons. The third-order valence-electron chi connectivity index (χ3n) is 5.06. The molecule has 35 heavy (non-hydrogen) atoms. The van der Waals surface area contributed by atoms with Gasteiger partial charge in [-0.05, 0) is 57.4 Å². The van der Waals surface area contributed by atoms with Crippen molar-refractivity contribution in [3.63, 3.8) is 0 Å². The summed E-state index contributed by atoms with van der Waals surface area (Å²) in [5, 5.41) is 19.5. The molecule has 2 atom stereocenters. The molecule has 0 aliphatic rings. The molecule has 2 N–H and O–H groups in total. The largest absolute Gasteiger partial charge is 0.487 e. The van der Waals surface area contributed by atoms with E-state index in [0.29, 0.717) is 36.2 Å². The zero-order valence-electron chi connectivity index (χ0n) is 21.7. The Morgan fingerprint density at radius 2 is 1.14 bits per heavy atom. The molecule has 6 nitrogen and oxygen atoms in total. The van der Waals surface area contributed by atoms with Gasteiger partial charge in [0, 0.05) is 17.0 Å². The van der Waals surface area contributed by atoms with Gasteiger partial charge in [-0.3, -0.25) is 0 Å². The number of hydrogen-bond donors (Lipinski definition) is 2. The van der Waals surface area contributed by atoms with Gasteiger partial charge in [0.05, 0.1) is 12.2 Å². The van der Waals surface area contributed by atoms with Gasteiger partial charge in [-0.25, -0.2) is 0 Å². The summed E-state index contributed by atoms with van der Waals surface area (Å²) in [6.07, 6.45) is -0.467. The molecule has 0 saturated carbocycles. The van der Waals surface area contributed by atoms with Crippen molar-refractivity contribution >= 4 is 0 Å². The number of aliphatic hydroxyl groups is 2. The number of hydrogen-bond acceptors (Lipinski definition) is 6. The summed E-state index contributed by atoms with van der Waals surface area (Å²) in [7, 11) is 0. The molecule has 0 aliphatic heterocycles. The molecule has 2 rings (SSSR count). The molecular weight excluding hydrogens is 444 g/mol. The highest BCUT2D eigenvalue weighted by Gasteiger charge is 2.25. The van der Waals surface area contributed by atoms with Gasteiger partial charge >= 0.3 is 0 Å². The van der Waals surface area contributed by atoms with E-state index in [2.05, 4.69) is 20.1 Å². The van der Waals surface area contributed by atoms with Crippen LogP contribution in [-0.4, -0.2) is 48.8 Å². The summed E-state index contributed by atoms with van der Waals surface area (Å²) >= 11 is 0. The summed E-state index contributed by atoms with van der Waals surface area (Å²) in [6.45, 7) is 18.2. The van der Waals surface area contributed by atoms with Gasteiger partial charge in [0.15, 0.2) is 23.0 Å². The minimum Gasteiger partial charge on any atom is -0.487 e. The third-order valence-corrected chi connectivity index (χ3v) is 5.06. The Hall–Kier alpha value is -2.96. The first kappa shape index (κ1) is 28.3. The molecular formula is C29H40O6. The second-order valence-electron chi connectivity index (χ2n) is 9.12. The van der Waals surface area contributed by atoms with Crippen LogP contribution in [0.1, 0.15) is 58.1 Å². The molecule has 0 fully saturated rings. The first-order valence-corrected chi connectivity index (χ1v) is 12.1. The summed E-state index contributed by atoms with van der Waals surface area (Å²) in [5.41, 5.74) is 3.64. The van der Waals surface area contributed by atoms with E-state index in [-0.39, 0.29) is 19.1 Å². The zero-order chi connectivity index (χ0) is 26.0. The lowest BCUT2D eigenvalue weighted by Gasteiger charge is -2.25. The van der Waals surface area contributed by atoms with Crippen molar-refractivity contribution in [3.05, 3.63) is 71.8 Å². The fourth-order valence-electron chi connectivity index (χ4n) is 3.57. The van der Waals surface area contributed by atoms with Crippen molar-refractivity contribution in [3.8, 4) is 23.0 Å². The fraction of sp³-hybridized carbons (Fsp3) is 0.448. The van der Waals surface area contributed by atoms with Crippen molar-refractivity contribution in [2.75, 3.05) is 26.4 Å². The second kappa shape index (κ2) is 13.8. The van der Waals surface area contributed by atoms with E-state index < -0.39 is 12.2 Å². The number of benzene rings is 2. The molecule has 0 heterocycles. The van der Waals surface area contributed by atoms with E-state index in [1.54, 1.807) is 13.8 Å². The topological polar surface area (TPSA) is 77.4 Å². The van der Waals surface area contributed by atoms with Crippen LogP contribution >= 0.6 is 0 Å². The smallest absolute Gasteiger partial charge is 0.165 e. The fourth-order valence-corrected chi connectivity index (χ4v) is 3.57. The van der Waals surface area contributed by atoms with Gasteiger partial charge in [-0.1, -0.05) is 44.3 Å². The molecule has 2 aromatic rings. The second-order valence-corrected chi connectivity index (χ2v) is 9.12. The SMILES string of the molecule is C=C(C)COc1c(OCC(C)O)cccc1C(CC)c1cccc(OCC(C)O)c1OCC(=C)C. The zero-order valence-corrected chi connectivity index (χ0v) is 21.7. The van der Waals surface area contributed by atoms with Crippen molar-refractivity contribution in [1.29, 1.82) is 0 Å². The molecule has 0 aliphatic carbocycles. The Kier molecular flexibility index (Phi) is 11.2. The van der Waals surface area contributed by atoms with Crippen LogP contribution in [0.4, 0.5) is 0 Å². The highest BCUT2D eigenvalue weighted by molar-refractivity contribution is 5.56. The molecule has 192 valence electrons. The Morgan fingerprint density at radius 1 is 0.743 bits per heavy atom. The maximum atomic E-state index is 9.75. The van der Waals surface area contributed by atoms with Gasteiger partial charge in [0.1, 0.15) is 26.4 Å². The van der Waals surface area contributed by atoms with Gasteiger partial charge in [0.25, 0.3) is 0 Å². The maximum absolute atomic E-state index is 9.75. The highest BCUT2D eigenvalue weighted by Crippen LogP contribution is 2.45. The Bertz CT molecular complexity index is 902. The molecule has 0 aromatic heterocycles. The molecule has 2 unspecified atom stereocenters.